The zero-order valence-corrected chi connectivity index (χ0v) is 10.9. The third kappa shape index (κ3) is 2.46. The first kappa shape index (κ1) is 11.5. The number of nitrogens with zero attached hydrogens (tertiary/aromatic N) is 2. The average molecular weight is 254 g/mol. The third-order valence-corrected chi connectivity index (χ3v) is 3.94. The second-order valence-corrected chi connectivity index (χ2v) is 5.27. The van der Waals surface area contributed by atoms with E-state index >= 15 is 0 Å². The summed E-state index contributed by atoms with van der Waals surface area (Å²) in [5, 5.41) is 1.06. The van der Waals surface area contributed by atoms with Crippen molar-refractivity contribution in [3.8, 4) is 0 Å². The maximum absolute atomic E-state index is 4.57. The predicted molar refractivity (Wildman–Crippen MR) is 75.4 cm³/mol. The Hall–Kier alpha value is -1.61. The first-order valence-corrected chi connectivity index (χ1v) is 6.97. The highest BCUT2D eigenvalue weighted by Gasteiger charge is 2.14. The van der Waals surface area contributed by atoms with Gasteiger partial charge in [-0.15, -0.1) is 0 Å². The van der Waals surface area contributed by atoms with E-state index in [1.54, 1.807) is 11.8 Å². The van der Waals surface area contributed by atoms with Gasteiger partial charge in [-0.25, -0.2) is 4.98 Å². The van der Waals surface area contributed by atoms with Crippen molar-refractivity contribution in [2.45, 2.75) is 22.8 Å². The third-order valence-electron chi connectivity index (χ3n) is 2.91. The lowest BCUT2D eigenvalue weighted by Crippen LogP contribution is -2.00. The SMILES string of the molecule is c1ccc(Sc2ncccc2C2=NCCC2)cc1. The van der Waals surface area contributed by atoms with Crippen molar-refractivity contribution < 1.29 is 0 Å². The van der Waals surface area contributed by atoms with Crippen molar-refractivity contribution in [3.05, 3.63) is 54.2 Å². The average Bonchev–Trinajstić information content (AvgIpc) is 2.94. The maximum Gasteiger partial charge on any atom is 0.110 e. The molecule has 2 heterocycles. The number of hydrogen-bond acceptors (Lipinski definition) is 3. The molecule has 0 spiro atoms. The first-order chi connectivity index (χ1) is 8.93. The lowest BCUT2D eigenvalue weighted by Gasteiger charge is -2.07. The highest BCUT2D eigenvalue weighted by atomic mass is 32.2. The Labute approximate surface area is 111 Å². The smallest absolute Gasteiger partial charge is 0.110 e. The van der Waals surface area contributed by atoms with Crippen LogP contribution in [0.2, 0.25) is 0 Å². The van der Waals surface area contributed by atoms with Crippen molar-refractivity contribution in [2.24, 2.45) is 4.99 Å². The van der Waals surface area contributed by atoms with Crippen molar-refractivity contribution >= 4 is 17.5 Å². The second kappa shape index (κ2) is 5.36. The second-order valence-electron chi connectivity index (χ2n) is 4.20. The topological polar surface area (TPSA) is 25.2 Å². The van der Waals surface area contributed by atoms with Crippen LogP contribution in [0.15, 0.2) is 63.6 Å². The maximum atomic E-state index is 4.57. The molecule has 1 aromatic heterocycles. The molecule has 2 aromatic rings. The van der Waals surface area contributed by atoms with Crippen LogP contribution in [0.3, 0.4) is 0 Å². The number of hydrogen-bond donors (Lipinski definition) is 0. The normalized spacial score (nSPS) is 14.6. The predicted octanol–water partition coefficient (Wildman–Crippen LogP) is 3.82. The van der Waals surface area contributed by atoms with E-state index in [1.807, 2.05) is 18.3 Å². The number of rotatable bonds is 3. The van der Waals surface area contributed by atoms with Gasteiger partial charge in [-0.05, 0) is 37.1 Å². The van der Waals surface area contributed by atoms with Crippen molar-refractivity contribution in [2.75, 3.05) is 6.54 Å². The Morgan fingerprint density at radius 3 is 2.67 bits per heavy atom. The molecular weight excluding hydrogens is 240 g/mol. The molecule has 90 valence electrons. The lowest BCUT2D eigenvalue weighted by molar-refractivity contribution is 0.950. The summed E-state index contributed by atoms with van der Waals surface area (Å²) >= 11 is 1.71. The minimum atomic E-state index is 0.958. The summed E-state index contributed by atoms with van der Waals surface area (Å²) in [4.78, 5) is 10.3. The molecule has 0 atom stereocenters. The highest BCUT2D eigenvalue weighted by Crippen LogP contribution is 2.30. The van der Waals surface area contributed by atoms with E-state index < -0.39 is 0 Å². The van der Waals surface area contributed by atoms with Crippen LogP contribution in [0, 0.1) is 0 Å². The molecule has 0 saturated carbocycles. The summed E-state index contributed by atoms with van der Waals surface area (Å²) in [5.74, 6) is 0. The highest BCUT2D eigenvalue weighted by molar-refractivity contribution is 7.99. The molecule has 1 aliphatic heterocycles. The van der Waals surface area contributed by atoms with Gasteiger partial charge in [0.2, 0.25) is 0 Å². The molecule has 0 N–H and O–H groups in total. The van der Waals surface area contributed by atoms with Gasteiger partial charge in [0.1, 0.15) is 5.03 Å². The first-order valence-electron chi connectivity index (χ1n) is 6.15. The van der Waals surface area contributed by atoms with Gasteiger partial charge in [0.25, 0.3) is 0 Å². The molecule has 1 aliphatic rings. The van der Waals surface area contributed by atoms with Crippen molar-refractivity contribution in [1.82, 2.24) is 4.98 Å². The van der Waals surface area contributed by atoms with E-state index in [0.717, 1.165) is 18.0 Å². The van der Waals surface area contributed by atoms with Gasteiger partial charge in [-0.3, -0.25) is 4.99 Å². The van der Waals surface area contributed by atoms with Crippen LogP contribution >= 0.6 is 11.8 Å². The molecule has 0 amide bonds. The van der Waals surface area contributed by atoms with Crippen LogP contribution in [-0.4, -0.2) is 17.2 Å². The zero-order chi connectivity index (χ0) is 12.2. The molecule has 2 nitrogen and oxygen atoms in total. The minimum Gasteiger partial charge on any atom is -0.289 e. The molecule has 18 heavy (non-hydrogen) atoms. The van der Waals surface area contributed by atoms with E-state index in [0.29, 0.717) is 0 Å². The van der Waals surface area contributed by atoms with E-state index in [2.05, 4.69) is 40.3 Å². The van der Waals surface area contributed by atoms with Crippen molar-refractivity contribution in [1.29, 1.82) is 0 Å². The van der Waals surface area contributed by atoms with Crippen LogP contribution in [0.25, 0.3) is 0 Å². The van der Waals surface area contributed by atoms with E-state index in [4.69, 9.17) is 0 Å². The van der Waals surface area contributed by atoms with Crippen LogP contribution < -0.4 is 0 Å². The fourth-order valence-corrected chi connectivity index (χ4v) is 2.98. The summed E-state index contributed by atoms with van der Waals surface area (Å²) in [5.41, 5.74) is 2.41. The quantitative estimate of drug-likeness (QED) is 0.832. The van der Waals surface area contributed by atoms with Gasteiger partial charge in [0, 0.05) is 28.9 Å². The Balaban J connectivity index is 1.92. The molecule has 0 aliphatic carbocycles. The number of pyridine rings is 1. The summed E-state index contributed by atoms with van der Waals surface area (Å²) in [6.45, 7) is 0.958. The Bertz CT molecular complexity index is 564. The molecule has 0 fully saturated rings. The Morgan fingerprint density at radius 2 is 1.89 bits per heavy atom. The monoisotopic (exact) mass is 254 g/mol. The molecule has 0 radical (unpaired) electrons. The summed E-state index contributed by atoms with van der Waals surface area (Å²) in [6, 6.07) is 14.5. The molecule has 3 rings (SSSR count). The van der Waals surface area contributed by atoms with Gasteiger partial charge in [0.15, 0.2) is 0 Å². The largest absolute Gasteiger partial charge is 0.289 e. The molecule has 3 heteroatoms. The standard InChI is InChI=1S/C15H14N2S/c1-2-6-12(7-3-1)18-15-13(8-4-11-17-15)14-9-5-10-16-14/h1-4,6-8,11H,5,9-10H2. The van der Waals surface area contributed by atoms with Gasteiger partial charge in [-0.1, -0.05) is 30.0 Å². The number of aromatic nitrogens is 1. The van der Waals surface area contributed by atoms with E-state index in [-0.39, 0.29) is 0 Å². The Morgan fingerprint density at radius 1 is 1.00 bits per heavy atom. The van der Waals surface area contributed by atoms with Crippen LogP contribution in [0.4, 0.5) is 0 Å². The minimum absolute atomic E-state index is 0.958. The Kier molecular flexibility index (Phi) is 3.42. The summed E-state index contributed by atoms with van der Waals surface area (Å²) in [6.07, 6.45) is 4.10. The van der Waals surface area contributed by atoms with E-state index in [1.165, 1.54) is 22.6 Å². The fraction of sp³-hybridized carbons (Fsp3) is 0.200. The van der Waals surface area contributed by atoms with Gasteiger partial charge >= 0.3 is 0 Å². The molecule has 0 bridgehead atoms. The number of aliphatic imine (C=N–C) groups is 1. The van der Waals surface area contributed by atoms with Crippen molar-refractivity contribution in [3.63, 3.8) is 0 Å². The molecular formula is C15H14N2S. The van der Waals surface area contributed by atoms with Crippen LogP contribution in [0.5, 0.6) is 0 Å². The summed E-state index contributed by atoms with van der Waals surface area (Å²) in [7, 11) is 0. The lowest BCUT2D eigenvalue weighted by atomic mass is 10.1. The molecule has 0 saturated heterocycles. The summed E-state index contributed by atoms with van der Waals surface area (Å²) < 4.78 is 0. The van der Waals surface area contributed by atoms with E-state index in [9.17, 15) is 0 Å². The van der Waals surface area contributed by atoms with Crippen LogP contribution in [0.1, 0.15) is 18.4 Å². The fourth-order valence-electron chi connectivity index (χ4n) is 2.05. The van der Waals surface area contributed by atoms with Gasteiger partial charge in [0.05, 0.1) is 0 Å². The van der Waals surface area contributed by atoms with Gasteiger partial charge < -0.3 is 0 Å². The molecule has 0 unspecified atom stereocenters. The molecule has 1 aromatic carbocycles. The zero-order valence-electron chi connectivity index (χ0n) is 10.0. The number of benzene rings is 1. The van der Waals surface area contributed by atoms with Crippen LogP contribution in [-0.2, 0) is 0 Å². The van der Waals surface area contributed by atoms with Gasteiger partial charge in [-0.2, -0.15) is 0 Å².